The zero-order valence-corrected chi connectivity index (χ0v) is 10.6. The number of carboxylic acids is 1. The van der Waals surface area contributed by atoms with Crippen molar-refractivity contribution >= 4 is 11.9 Å². The molecule has 100 valence electrons. The van der Waals surface area contributed by atoms with Gasteiger partial charge < -0.3 is 16.2 Å². The molecule has 0 aromatic carbocycles. The van der Waals surface area contributed by atoms with Crippen molar-refractivity contribution < 1.29 is 14.7 Å². The highest BCUT2D eigenvalue weighted by Gasteiger charge is 2.26. The van der Waals surface area contributed by atoms with E-state index in [-0.39, 0.29) is 11.9 Å². The number of amides is 1. The van der Waals surface area contributed by atoms with Crippen LogP contribution in [0.15, 0.2) is 12.4 Å². The van der Waals surface area contributed by atoms with Crippen molar-refractivity contribution in [2.75, 3.05) is 0 Å². The van der Waals surface area contributed by atoms with Gasteiger partial charge in [0.2, 0.25) is 5.91 Å². The molecule has 1 amide bonds. The van der Waals surface area contributed by atoms with Crippen molar-refractivity contribution in [3.05, 3.63) is 18.0 Å². The van der Waals surface area contributed by atoms with Gasteiger partial charge >= 0.3 is 5.97 Å². The summed E-state index contributed by atoms with van der Waals surface area (Å²) in [7, 11) is 1.68. The molecule has 4 N–H and O–H groups in total. The third-order valence-corrected chi connectivity index (χ3v) is 2.79. The molecule has 1 rings (SSSR count). The maximum atomic E-state index is 11.8. The second kappa shape index (κ2) is 5.63. The van der Waals surface area contributed by atoms with Crippen LogP contribution in [0.4, 0.5) is 0 Å². The van der Waals surface area contributed by atoms with Gasteiger partial charge in [0.25, 0.3) is 0 Å². The number of nitrogens with two attached hydrogens (primary N) is 1. The van der Waals surface area contributed by atoms with E-state index in [4.69, 9.17) is 10.8 Å². The minimum Gasteiger partial charge on any atom is -0.479 e. The Morgan fingerprint density at radius 2 is 2.11 bits per heavy atom. The molecule has 0 spiro atoms. The molecule has 3 atom stereocenters. The summed E-state index contributed by atoms with van der Waals surface area (Å²) in [6.07, 6.45) is 2.96. The van der Waals surface area contributed by atoms with E-state index in [2.05, 4.69) is 10.4 Å². The summed E-state index contributed by atoms with van der Waals surface area (Å²) in [6, 6.07) is -1.44. The molecule has 18 heavy (non-hydrogen) atoms. The van der Waals surface area contributed by atoms with Gasteiger partial charge in [0, 0.05) is 30.8 Å². The third-order valence-electron chi connectivity index (χ3n) is 2.79. The number of nitrogens with zero attached hydrogens (tertiary/aromatic N) is 2. The van der Waals surface area contributed by atoms with E-state index >= 15 is 0 Å². The van der Waals surface area contributed by atoms with Gasteiger partial charge in [-0.15, -0.1) is 0 Å². The lowest BCUT2D eigenvalue weighted by molar-refractivity contribution is -0.142. The smallest absolute Gasteiger partial charge is 0.331 e. The van der Waals surface area contributed by atoms with Crippen LogP contribution < -0.4 is 11.1 Å². The highest BCUT2D eigenvalue weighted by Crippen LogP contribution is 2.13. The Hall–Kier alpha value is -1.89. The first-order chi connectivity index (χ1) is 8.32. The van der Waals surface area contributed by atoms with Gasteiger partial charge in [0.15, 0.2) is 6.04 Å². The van der Waals surface area contributed by atoms with Crippen molar-refractivity contribution in [1.82, 2.24) is 15.1 Å². The predicted octanol–water partition coefficient (Wildman–Crippen LogP) is -0.355. The number of aryl methyl sites for hydroxylation is 1. The second-order valence-electron chi connectivity index (χ2n) is 4.37. The molecule has 7 nitrogen and oxygen atoms in total. The van der Waals surface area contributed by atoms with Crippen LogP contribution in [0.2, 0.25) is 0 Å². The van der Waals surface area contributed by atoms with E-state index in [0.29, 0.717) is 5.56 Å². The summed E-state index contributed by atoms with van der Waals surface area (Å²) in [5.74, 6) is -1.97. The Morgan fingerprint density at radius 3 is 2.50 bits per heavy atom. The molecule has 3 unspecified atom stereocenters. The van der Waals surface area contributed by atoms with Gasteiger partial charge in [-0.3, -0.25) is 9.48 Å². The zero-order chi connectivity index (χ0) is 13.9. The molecular weight excluding hydrogens is 236 g/mol. The summed E-state index contributed by atoms with van der Waals surface area (Å²) in [5.41, 5.74) is 6.03. The van der Waals surface area contributed by atoms with Gasteiger partial charge in [-0.05, 0) is 6.92 Å². The standard InChI is InChI=1S/C11H18N4O3/c1-6(7(2)12)10(16)14-9(11(17)18)8-4-13-15(3)5-8/h4-7,9H,12H2,1-3H3,(H,14,16)(H,17,18). The zero-order valence-electron chi connectivity index (χ0n) is 10.6. The van der Waals surface area contributed by atoms with Gasteiger partial charge in [-0.2, -0.15) is 5.10 Å². The van der Waals surface area contributed by atoms with Crippen LogP contribution in [0.1, 0.15) is 25.5 Å². The molecule has 0 saturated heterocycles. The Morgan fingerprint density at radius 1 is 1.50 bits per heavy atom. The van der Waals surface area contributed by atoms with Gasteiger partial charge in [-0.1, -0.05) is 6.92 Å². The summed E-state index contributed by atoms with van der Waals surface area (Å²) >= 11 is 0. The lowest BCUT2D eigenvalue weighted by atomic mass is 10.0. The monoisotopic (exact) mass is 254 g/mol. The number of rotatable bonds is 5. The second-order valence-corrected chi connectivity index (χ2v) is 4.37. The molecular formula is C11H18N4O3. The largest absolute Gasteiger partial charge is 0.479 e. The van der Waals surface area contributed by atoms with E-state index in [1.54, 1.807) is 27.1 Å². The summed E-state index contributed by atoms with van der Waals surface area (Å²) in [6.45, 7) is 3.35. The number of nitrogens with one attached hydrogen (secondary N) is 1. The van der Waals surface area contributed by atoms with Gasteiger partial charge in [0.05, 0.1) is 6.20 Å². The van der Waals surface area contributed by atoms with E-state index in [9.17, 15) is 9.59 Å². The number of carboxylic acid groups (broad SMARTS) is 1. The van der Waals surface area contributed by atoms with Gasteiger partial charge in [-0.25, -0.2) is 4.79 Å². The quantitative estimate of drug-likeness (QED) is 0.665. The highest BCUT2D eigenvalue weighted by molar-refractivity contribution is 5.85. The SMILES string of the molecule is CC(N)C(C)C(=O)NC(C(=O)O)c1cnn(C)c1. The average molecular weight is 254 g/mol. The lowest BCUT2D eigenvalue weighted by Crippen LogP contribution is -2.42. The normalized spacial score (nSPS) is 15.8. The maximum Gasteiger partial charge on any atom is 0.331 e. The molecule has 1 aromatic heterocycles. The van der Waals surface area contributed by atoms with Crippen LogP contribution in [-0.4, -0.2) is 32.8 Å². The Balaban J connectivity index is 2.82. The first kappa shape index (κ1) is 14.2. The third kappa shape index (κ3) is 3.30. The number of hydrogen-bond acceptors (Lipinski definition) is 4. The number of carbonyl (C=O) groups is 2. The summed E-state index contributed by atoms with van der Waals surface area (Å²) in [4.78, 5) is 23.0. The van der Waals surface area contributed by atoms with Crippen LogP contribution in [0, 0.1) is 5.92 Å². The summed E-state index contributed by atoms with van der Waals surface area (Å²) < 4.78 is 1.48. The lowest BCUT2D eigenvalue weighted by Gasteiger charge is -2.19. The van der Waals surface area contributed by atoms with Crippen LogP contribution in [-0.2, 0) is 16.6 Å². The topological polar surface area (TPSA) is 110 Å². The molecule has 1 aromatic rings. The van der Waals surface area contributed by atoms with Crippen molar-refractivity contribution in [1.29, 1.82) is 0 Å². The fourth-order valence-electron chi connectivity index (χ4n) is 1.39. The van der Waals surface area contributed by atoms with Crippen molar-refractivity contribution in [3.8, 4) is 0 Å². The van der Waals surface area contributed by atoms with E-state index < -0.39 is 17.9 Å². The van der Waals surface area contributed by atoms with E-state index in [1.165, 1.54) is 10.9 Å². The predicted molar refractivity (Wildman–Crippen MR) is 64.5 cm³/mol. The van der Waals surface area contributed by atoms with Crippen LogP contribution in [0.3, 0.4) is 0 Å². The van der Waals surface area contributed by atoms with Crippen LogP contribution in [0.5, 0.6) is 0 Å². The van der Waals surface area contributed by atoms with Crippen LogP contribution in [0.25, 0.3) is 0 Å². The number of aromatic nitrogens is 2. The number of carbonyl (C=O) groups excluding carboxylic acids is 1. The molecule has 0 fully saturated rings. The Labute approximate surface area is 105 Å². The molecule has 0 aliphatic carbocycles. The van der Waals surface area contributed by atoms with Crippen molar-refractivity contribution in [3.63, 3.8) is 0 Å². The molecule has 1 heterocycles. The minimum atomic E-state index is -1.13. The fourth-order valence-corrected chi connectivity index (χ4v) is 1.39. The maximum absolute atomic E-state index is 11.8. The Bertz CT molecular complexity index is 441. The molecule has 0 saturated carbocycles. The summed E-state index contributed by atoms with van der Waals surface area (Å²) in [5, 5.41) is 15.5. The molecule has 0 aliphatic heterocycles. The first-order valence-electron chi connectivity index (χ1n) is 5.60. The van der Waals surface area contributed by atoms with Gasteiger partial charge in [0.1, 0.15) is 0 Å². The van der Waals surface area contributed by atoms with Crippen molar-refractivity contribution in [2.24, 2.45) is 18.7 Å². The molecule has 7 heteroatoms. The average Bonchev–Trinajstić information content (AvgIpc) is 2.70. The molecule has 0 aliphatic rings. The molecule has 0 radical (unpaired) electrons. The number of hydrogen-bond donors (Lipinski definition) is 3. The highest BCUT2D eigenvalue weighted by atomic mass is 16.4. The first-order valence-corrected chi connectivity index (χ1v) is 5.60. The minimum absolute atomic E-state index is 0.339. The van der Waals surface area contributed by atoms with Crippen LogP contribution >= 0.6 is 0 Å². The number of aliphatic carboxylic acids is 1. The molecule has 0 bridgehead atoms. The fraction of sp³-hybridized carbons (Fsp3) is 0.545. The van der Waals surface area contributed by atoms with Crippen molar-refractivity contribution in [2.45, 2.75) is 25.9 Å². The van der Waals surface area contributed by atoms with E-state index in [0.717, 1.165) is 0 Å². The van der Waals surface area contributed by atoms with E-state index in [1.807, 2.05) is 0 Å². The Kier molecular flexibility index (Phi) is 4.43.